The van der Waals surface area contributed by atoms with E-state index in [1.54, 1.807) is 19.1 Å². The summed E-state index contributed by atoms with van der Waals surface area (Å²) in [5.41, 5.74) is 0.704. The van der Waals surface area contributed by atoms with Crippen LogP contribution in [0.25, 0.3) is 5.69 Å². The van der Waals surface area contributed by atoms with Crippen molar-refractivity contribution in [2.24, 2.45) is 0 Å². The average Bonchev–Trinajstić information content (AvgIpc) is 2.68. The van der Waals surface area contributed by atoms with Crippen LogP contribution in [0, 0.1) is 5.82 Å². The molecule has 2 rings (SSSR count). The van der Waals surface area contributed by atoms with Gasteiger partial charge in [-0.15, -0.1) is 5.10 Å². The quantitative estimate of drug-likeness (QED) is 0.811. The fraction of sp³-hybridized carbons (Fsp3) is 0.200. The lowest BCUT2D eigenvalue weighted by molar-refractivity contribution is 0.189. The Morgan fingerprint density at radius 3 is 2.53 bits per heavy atom. The molecule has 15 heavy (non-hydrogen) atoms. The van der Waals surface area contributed by atoms with Crippen molar-refractivity contribution in [1.29, 1.82) is 0 Å². The van der Waals surface area contributed by atoms with Crippen LogP contribution in [0.15, 0.2) is 30.6 Å². The fourth-order valence-electron chi connectivity index (χ4n) is 1.19. The Morgan fingerprint density at radius 1 is 1.33 bits per heavy atom. The predicted molar refractivity (Wildman–Crippen MR) is 52.0 cm³/mol. The molecule has 0 aliphatic carbocycles. The van der Waals surface area contributed by atoms with Gasteiger partial charge in [0, 0.05) is 0 Å². The molecule has 0 radical (unpaired) electrons. The smallest absolute Gasteiger partial charge is 0.179 e. The van der Waals surface area contributed by atoms with Crippen LogP contribution in [0.1, 0.15) is 18.9 Å². The van der Waals surface area contributed by atoms with E-state index in [2.05, 4.69) is 10.1 Å². The Hall–Kier alpha value is -1.75. The minimum absolute atomic E-state index is 0.297. The fourth-order valence-corrected chi connectivity index (χ4v) is 1.19. The van der Waals surface area contributed by atoms with E-state index in [0.717, 1.165) is 0 Å². The van der Waals surface area contributed by atoms with E-state index in [-0.39, 0.29) is 5.82 Å². The van der Waals surface area contributed by atoms with E-state index in [4.69, 9.17) is 0 Å². The van der Waals surface area contributed by atoms with Crippen molar-refractivity contribution in [3.8, 4) is 5.69 Å². The molecule has 1 aromatic carbocycles. The molecule has 0 aliphatic rings. The van der Waals surface area contributed by atoms with Crippen molar-refractivity contribution in [1.82, 2.24) is 14.8 Å². The number of rotatable bonds is 2. The van der Waals surface area contributed by atoms with Crippen LogP contribution in [-0.4, -0.2) is 19.9 Å². The van der Waals surface area contributed by atoms with Gasteiger partial charge in [0.1, 0.15) is 18.2 Å². The molecule has 1 heterocycles. The highest BCUT2D eigenvalue weighted by Gasteiger charge is 2.07. The maximum atomic E-state index is 12.7. The van der Waals surface area contributed by atoms with Gasteiger partial charge in [-0.2, -0.15) is 0 Å². The first-order valence-electron chi connectivity index (χ1n) is 4.52. The van der Waals surface area contributed by atoms with Gasteiger partial charge in [0.05, 0.1) is 5.69 Å². The number of aliphatic hydroxyl groups excluding tert-OH is 1. The average molecular weight is 207 g/mol. The Kier molecular flexibility index (Phi) is 2.47. The summed E-state index contributed by atoms with van der Waals surface area (Å²) in [7, 11) is 0. The Balaban J connectivity index is 2.33. The zero-order valence-corrected chi connectivity index (χ0v) is 8.13. The van der Waals surface area contributed by atoms with Gasteiger partial charge in [-0.05, 0) is 31.2 Å². The van der Waals surface area contributed by atoms with Crippen LogP contribution in [-0.2, 0) is 0 Å². The number of aromatic nitrogens is 3. The second-order valence-electron chi connectivity index (χ2n) is 3.20. The molecule has 0 spiro atoms. The van der Waals surface area contributed by atoms with Crippen molar-refractivity contribution in [3.05, 3.63) is 42.2 Å². The normalized spacial score (nSPS) is 12.7. The second-order valence-corrected chi connectivity index (χ2v) is 3.20. The molecule has 0 aliphatic heterocycles. The molecule has 0 saturated carbocycles. The molecule has 1 unspecified atom stereocenters. The number of nitrogens with zero attached hydrogens (tertiary/aromatic N) is 3. The summed E-state index contributed by atoms with van der Waals surface area (Å²) in [4.78, 5) is 3.92. The predicted octanol–water partition coefficient (Wildman–Crippen LogP) is 1.46. The Bertz CT molecular complexity index is 450. The molecule has 0 saturated heterocycles. The van der Waals surface area contributed by atoms with Gasteiger partial charge < -0.3 is 5.11 Å². The van der Waals surface area contributed by atoms with Crippen LogP contribution < -0.4 is 0 Å². The lowest BCUT2D eigenvalue weighted by Gasteiger charge is -1.99. The van der Waals surface area contributed by atoms with E-state index in [1.165, 1.54) is 23.1 Å². The zero-order valence-electron chi connectivity index (χ0n) is 8.13. The first kappa shape index (κ1) is 9.79. The molecule has 2 aromatic rings. The van der Waals surface area contributed by atoms with Crippen molar-refractivity contribution in [2.45, 2.75) is 13.0 Å². The van der Waals surface area contributed by atoms with Crippen molar-refractivity contribution < 1.29 is 9.50 Å². The molecular weight excluding hydrogens is 197 g/mol. The topological polar surface area (TPSA) is 50.9 Å². The molecular formula is C10H10FN3O. The third-order valence-electron chi connectivity index (χ3n) is 1.97. The minimum atomic E-state index is -0.702. The Labute approximate surface area is 86.0 Å². The number of aliphatic hydroxyl groups is 1. The highest BCUT2D eigenvalue weighted by molar-refractivity contribution is 5.30. The van der Waals surface area contributed by atoms with Gasteiger partial charge in [-0.1, -0.05) is 0 Å². The van der Waals surface area contributed by atoms with Crippen molar-refractivity contribution >= 4 is 0 Å². The molecule has 4 nitrogen and oxygen atoms in total. The van der Waals surface area contributed by atoms with Crippen LogP contribution in [0.2, 0.25) is 0 Å². The molecule has 5 heteroatoms. The highest BCUT2D eigenvalue weighted by atomic mass is 19.1. The first-order valence-corrected chi connectivity index (χ1v) is 4.52. The summed E-state index contributed by atoms with van der Waals surface area (Å²) in [6.07, 6.45) is 0.779. The van der Waals surface area contributed by atoms with Gasteiger partial charge in [0.25, 0.3) is 0 Å². The molecule has 1 atom stereocenters. The van der Waals surface area contributed by atoms with Crippen LogP contribution in [0.5, 0.6) is 0 Å². The summed E-state index contributed by atoms with van der Waals surface area (Å²) < 4.78 is 14.1. The summed E-state index contributed by atoms with van der Waals surface area (Å²) in [6.45, 7) is 1.59. The highest BCUT2D eigenvalue weighted by Crippen LogP contribution is 2.10. The summed E-state index contributed by atoms with van der Waals surface area (Å²) in [6, 6.07) is 5.88. The number of halogens is 1. The van der Waals surface area contributed by atoms with E-state index < -0.39 is 6.10 Å². The molecule has 0 fully saturated rings. The van der Waals surface area contributed by atoms with E-state index in [1.807, 2.05) is 0 Å². The second kappa shape index (κ2) is 3.78. The number of benzene rings is 1. The maximum absolute atomic E-state index is 12.7. The largest absolute Gasteiger partial charge is 0.385 e. The van der Waals surface area contributed by atoms with Crippen LogP contribution in [0.3, 0.4) is 0 Å². The standard InChI is InChI=1S/C10H10FN3O/c1-7(15)10-12-6-14(13-10)9-4-2-8(11)3-5-9/h2-7,15H,1H3. The summed E-state index contributed by atoms with van der Waals surface area (Å²) in [5, 5.41) is 13.3. The molecule has 0 bridgehead atoms. The molecule has 78 valence electrons. The zero-order chi connectivity index (χ0) is 10.8. The minimum Gasteiger partial charge on any atom is -0.385 e. The monoisotopic (exact) mass is 207 g/mol. The molecule has 1 N–H and O–H groups in total. The lowest BCUT2D eigenvalue weighted by atomic mass is 10.3. The number of hydrogen-bond acceptors (Lipinski definition) is 3. The van der Waals surface area contributed by atoms with Crippen LogP contribution >= 0.6 is 0 Å². The van der Waals surface area contributed by atoms with Gasteiger partial charge in [0.15, 0.2) is 5.82 Å². The van der Waals surface area contributed by atoms with Crippen LogP contribution in [0.4, 0.5) is 4.39 Å². The SMILES string of the molecule is CC(O)c1ncn(-c2ccc(F)cc2)n1. The van der Waals surface area contributed by atoms with E-state index >= 15 is 0 Å². The summed E-state index contributed by atoms with van der Waals surface area (Å²) >= 11 is 0. The van der Waals surface area contributed by atoms with Crippen molar-refractivity contribution in [2.75, 3.05) is 0 Å². The molecule has 1 aromatic heterocycles. The van der Waals surface area contributed by atoms with E-state index in [9.17, 15) is 9.50 Å². The first-order chi connectivity index (χ1) is 7.16. The summed E-state index contributed by atoms with van der Waals surface area (Å²) in [5.74, 6) is 0.0499. The van der Waals surface area contributed by atoms with Gasteiger partial charge in [0.2, 0.25) is 0 Å². The third-order valence-corrected chi connectivity index (χ3v) is 1.97. The van der Waals surface area contributed by atoms with Gasteiger partial charge >= 0.3 is 0 Å². The maximum Gasteiger partial charge on any atom is 0.179 e. The third kappa shape index (κ3) is 2.02. The van der Waals surface area contributed by atoms with E-state index in [0.29, 0.717) is 11.5 Å². The number of hydrogen-bond donors (Lipinski definition) is 1. The van der Waals surface area contributed by atoms with Gasteiger partial charge in [-0.3, -0.25) is 0 Å². The Morgan fingerprint density at radius 2 is 2.00 bits per heavy atom. The van der Waals surface area contributed by atoms with Crippen molar-refractivity contribution in [3.63, 3.8) is 0 Å². The van der Waals surface area contributed by atoms with Gasteiger partial charge in [-0.25, -0.2) is 14.1 Å². The molecule has 0 amide bonds. The lowest BCUT2D eigenvalue weighted by Crippen LogP contribution is -1.98.